The molecule has 0 spiro atoms. The molecule has 1 aromatic rings. The van der Waals surface area contributed by atoms with E-state index in [4.69, 9.17) is 10.00 Å². The number of hydrogen-bond acceptors (Lipinski definition) is 4. The summed E-state index contributed by atoms with van der Waals surface area (Å²) in [4.78, 5) is 1.78. The largest absolute Gasteiger partial charge is 0.394 e. The number of nitriles is 1. The predicted molar refractivity (Wildman–Crippen MR) is 60.2 cm³/mol. The van der Waals surface area contributed by atoms with E-state index < -0.39 is 5.82 Å². The number of halogens is 1. The van der Waals surface area contributed by atoms with Crippen LogP contribution in [0.2, 0.25) is 0 Å². The van der Waals surface area contributed by atoms with Gasteiger partial charge in [-0.1, -0.05) is 0 Å². The minimum absolute atomic E-state index is 0.0839. The average molecular weight is 236 g/mol. The number of aliphatic hydroxyl groups excluding tert-OH is 1. The highest BCUT2D eigenvalue weighted by Gasteiger charge is 2.24. The van der Waals surface area contributed by atoms with Crippen LogP contribution in [0.5, 0.6) is 0 Å². The third kappa shape index (κ3) is 2.38. The first-order valence-electron chi connectivity index (χ1n) is 5.41. The fourth-order valence-electron chi connectivity index (χ4n) is 1.93. The molecule has 1 unspecified atom stereocenters. The van der Waals surface area contributed by atoms with Gasteiger partial charge in [-0.3, -0.25) is 0 Å². The highest BCUT2D eigenvalue weighted by Crippen LogP contribution is 2.24. The van der Waals surface area contributed by atoms with Crippen LogP contribution in [0.4, 0.5) is 10.1 Å². The summed E-state index contributed by atoms with van der Waals surface area (Å²) in [6.45, 7) is 1.35. The Labute approximate surface area is 98.8 Å². The molecule has 1 aromatic carbocycles. The number of benzene rings is 1. The number of aliphatic hydroxyl groups is 1. The van der Waals surface area contributed by atoms with Crippen LogP contribution in [0.1, 0.15) is 5.56 Å². The van der Waals surface area contributed by atoms with Crippen LogP contribution in [0, 0.1) is 17.1 Å². The van der Waals surface area contributed by atoms with Gasteiger partial charge in [0.25, 0.3) is 0 Å². The molecule has 0 amide bonds. The molecule has 1 aliphatic heterocycles. The first-order valence-corrected chi connectivity index (χ1v) is 5.41. The summed E-state index contributed by atoms with van der Waals surface area (Å²) in [5, 5.41) is 17.9. The van der Waals surface area contributed by atoms with Gasteiger partial charge in [-0.05, 0) is 18.2 Å². The molecule has 0 bridgehead atoms. The van der Waals surface area contributed by atoms with Crippen LogP contribution in [0.3, 0.4) is 0 Å². The van der Waals surface area contributed by atoms with Crippen molar-refractivity contribution in [3.63, 3.8) is 0 Å². The van der Waals surface area contributed by atoms with Gasteiger partial charge in [0.1, 0.15) is 5.82 Å². The van der Waals surface area contributed by atoms with Crippen molar-refractivity contribution in [1.82, 2.24) is 0 Å². The summed E-state index contributed by atoms with van der Waals surface area (Å²) in [5.41, 5.74) is 0.700. The van der Waals surface area contributed by atoms with E-state index in [2.05, 4.69) is 0 Å². The Kier molecular flexibility index (Phi) is 3.57. The first kappa shape index (κ1) is 11.8. The summed E-state index contributed by atoms with van der Waals surface area (Å²) in [7, 11) is 0. The summed E-state index contributed by atoms with van der Waals surface area (Å²) < 4.78 is 19.0. The second-order valence-electron chi connectivity index (χ2n) is 3.88. The van der Waals surface area contributed by atoms with E-state index in [-0.39, 0.29) is 12.6 Å². The Morgan fingerprint density at radius 2 is 2.41 bits per heavy atom. The molecule has 17 heavy (non-hydrogen) atoms. The van der Waals surface area contributed by atoms with E-state index in [0.29, 0.717) is 31.0 Å². The number of nitrogens with zero attached hydrogens (tertiary/aromatic N) is 2. The molecule has 0 aromatic heterocycles. The Morgan fingerprint density at radius 3 is 3.06 bits per heavy atom. The molecule has 1 N–H and O–H groups in total. The van der Waals surface area contributed by atoms with E-state index in [1.54, 1.807) is 17.0 Å². The minimum atomic E-state index is -0.440. The Morgan fingerprint density at radius 1 is 1.59 bits per heavy atom. The lowest BCUT2D eigenvalue weighted by molar-refractivity contribution is 0.0723. The molecule has 0 radical (unpaired) electrons. The van der Waals surface area contributed by atoms with Crippen molar-refractivity contribution >= 4 is 5.69 Å². The second-order valence-corrected chi connectivity index (χ2v) is 3.88. The van der Waals surface area contributed by atoms with Crippen molar-refractivity contribution in [2.75, 3.05) is 31.3 Å². The quantitative estimate of drug-likeness (QED) is 0.828. The van der Waals surface area contributed by atoms with Gasteiger partial charge in [-0.15, -0.1) is 0 Å². The third-order valence-electron chi connectivity index (χ3n) is 2.82. The molecule has 1 saturated heterocycles. The fraction of sp³-hybridized carbons (Fsp3) is 0.417. The lowest BCUT2D eigenvalue weighted by Gasteiger charge is -2.36. The maximum Gasteiger partial charge on any atom is 0.147 e. The van der Waals surface area contributed by atoms with Crippen LogP contribution >= 0.6 is 0 Å². The summed E-state index contributed by atoms with van der Waals surface area (Å²) >= 11 is 0. The average Bonchev–Trinajstić information content (AvgIpc) is 2.38. The van der Waals surface area contributed by atoms with Crippen LogP contribution in [-0.4, -0.2) is 37.5 Å². The van der Waals surface area contributed by atoms with Gasteiger partial charge in [0.2, 0.25) is 0 Å². The van der Waals surface area contributed by atoms with Gasteiger partial charge in [-0.2, -0.15) is 5.26 Å². The number of morpholine rings is 1. The van der Waals surface area contributed by atoms with E-state index in [1.165, 1.54) is 6.07 Å². The minimum Gasteiger partial charge on any atom is -0.394 e. The zero-order valence-corrected chi connectivity index (χ0v) is 9.27. The molecule has 1 heterocycles. The first-order chi connectivity index (χ1) is 8.26. The van der Waals surface area contributed by atoms with Crippen LogP contribution < -0.4 is 4.90 Å². The fourth-order valence-corrected chi connectivity index (χ4v) is 1.93. The second kappa shape index (κ2) is 5.13. The summed E-state index contributed by atoms with van der Waals surface area (Å²) in [6.07, 6.45) is 0. The van der Waals surface area contributed by atoms with Gasteiger partial charge in [0, 0.05) is 6.54 Å². The van der Waals surface area contributed by atoms with Crippen molar-refractivity contribution in [2.24, 2.45) is 0 Å². The normalized spacial score (nSPS) is 20.1. The van der Waals surface area contributed by atoms with Gasteiger partial charge >= 0.3 is 0 Å². The predicted octanol–water partition coefficient (Wildman–Crippen LogP) is 0.895. The standard InChI is InChI=1S/C12H13FN2O2/c13-11-5-9(6-14)1-2-12(11)15-3-4-17-8-10(15)7-16/h1-2,5,10,16H,3-4,7-8H2. The maximum atomic E-state index is 13.8. The van der Waals surface area contributed by atoms with E-state index >= 15 is 0 Å². The highest BCUT2D eigenvalue weighted by molar-refractivity contribution is 5.52. The third-order valence-corrected chi connectivity index (χ3v) is 2.82. The Balaban J connectivity index is 2.29. The molecule has 5 heteroatoms. The molecule has 2 rings (SSSR count). The summed E-state index contributed by atoms with van der Waals surface area (Å²) in [5.74, 6) is -0.440. The maximum absolute atomic E-state index is 13.8. The van der Waals surface area contributed by atoms with Crippen molar-refractivity contribution in [3.05, 3.63) is 29.6 Å². The zero-order chi connectivity index (χ0) is 12.3. The smallest absolute Gasteiger partial charge is 0.147 e. The Hall–Kier alpha value is -1.64. The molecule has 1 atom stereocenters. The number of hydrogen-bond donors (Lipinski definition) is 1. The van der Waals surface area contributed by atoms with E-state index in [0.717, 1.165) is 0 Å². The lowest BCUT2D eigenvalue weighted by Crippen LogP contribution is -2.48. The van der Waals surface area contributed by atoms with Crippen LogP contribution in [0.25, 0.3) is 0 Å². The molecule has 1 fully saturated rings. The van der Waals surface area contributed by atoms with Crippen LogP contribution in [-0.2, 0) is 4.74 Å². The van der Waals surface area contributed by atoms with Gasteiger partial charge < -0.3 is 14.7 Å². The topological polar surface area (TPSA) is 56.5 Å². The molecule has 0 aliphatic carbocycles. The number of rotatable bonds is 2. The van der Waals surface area contributed by atoms with Crippen molar-refractivity contribution < 1.29 is 14.2 Å². The Bertz CT molecular complexity index is 445. The van der Waals surface area contributed by atoms with E-state index in [9.17, 15) is 9.50 Å². The molecule has 0 saturated carbocycles. The monoisotopic (exact) mass is 236 g/mol. The number of ether oxygens (including phenoxy) is 1. The van der Waals surface area contributed by atoms with Gasteiger partial charge in [0.05, 0.1) is 43.2 Å². The molecule has 1 aliphatic rings. The van der Waals surface area contributed by atoms with Crippen molar-refractivity contribution in [3.8, 4) is 6.07 Å². The summed E-state index contributed by atoms with van der Waals surface area (Å²) in [6, 6.07) is 6.01. The molecule has 90 valence electrons. The SMILES string of the molecule is N#Cc1ccc(N2CCOCC2CO)c(F)c1. The van der Waals surface area contributed by atoms with Gasteiger partial charge in [-0.25, -0.2) is 4.39 Å². The van der Waals surface area contributed by atoms with Crippen molar-refractivity contribution in [1.29, 1.82) is 5.26 Å². The van der Waals surface area contributed by atoms with Crippen molar-refractivity contribution in [2.45, 2.75) is 6.04 Å². The highest BCUT2D eigenvalue weighted by atomic mass is 19.1. The lowest BCUT2D eigenvalue weighted by atomic mass is 10.1. The van der Waals surface area contributed by atoms with Crippen LogP contribution in [0.15, 0.2) is 18.2 Å². The molecular weight excluding hydrogens is 223 g/mol. The zero-order valence-electron chi connectivity index (χ0n) is 9.27. The van der Waals surface area contributed by atoms with E-state index in [1.807, 2.05) is 6.07 Å². The molecule has 4 nitrogen and oxygen atoms in total. The number of anilines is 1. The molecular formula is C12H13FN2O2. The van der Waals surface area contributed by atoms with Gasteiger partial charge in [0.15, 0.2) is 0 Å².